The summed E-state index contributed by atoms with van der Waals surface area (Å²) in [5, 5.41) is 3.24. The molecular formula is C13H19F3N2O. The van der Waals surface area contributed by atoms with Crippen LogP contribution >= 0.6 is 0 Å². The van der Waals surface area contributed by atoms with Crippen LogP contribution < -0.4 is 5.32 Å². The van der Waals surface area contributed by atoms with Gasteiger partial charge in [-0.25, -0.2) is 0 Å². The second kappa shape index (κ2) is 8.12. The van der Waals surface area contributed by atoms with Crippen molar-refractivity contribution >= 4 is 0 Å². The third kappa shape index (κ3) is 7.79. The highest BCUT2D eigenvalue weighted by Gasteiger charge is 2.26. The second-order valence-corrected chi connectivity index (χ2v) is 4.25. The Morgan fingerprint density at radius 2 is 2.11 bits per heavy atom. The van der Waals surface area contributed by atoms with Crippen molar-refractivity contribution in [3.05, 3.63) is 29.6 Å². The van der Waals surface area contributed by atoms with Gasteiger partial charge in [-0.3, -0.25) is 4.98 Å². The summed E-state index contributed by atoms with van der Waals surface area (Å²) >= 11 is 0. The van der Waals surface area contributed by atoms with E-state index in [0.717, 1.165) is 25.1 Å². The third-order valence-electron chi connectivity index (χ3n) is 2.42. The summed E-state index contributed by atoms with van der Waals surface area (Å²) in [6.07, 6.45) is -2.31. The summed E-state index contributed by atoms with van der Waals surface area (Å²) in [5.74, 6) is 0. The van der Waals surface area contributed by atoms with Crippen molar-refractivity contribution in [1.82, 2.24) is 10.3 Å². The van der Waals surface area contributed by atoms with Crippen LogP contribution in [0.25, 0.3) is 0 Å². The highest BCUT2D eigenvalue weighted by molar-refractivity contribution is 5.13. The van der Waals surface area contributed by atoms with Gasteiger partial charge in [0.25, 0.3) is 0 Å². The first-order valence-corrected chi connectivity index (χ1v) is 6.30. The maximum Gasteiger partial charge on any atom is 0.391 e. The minimum Gasteiger partial charge on any atom is -0.375 e. The first-order valence-electron chi connectivity index (χ1n) is 6.30. The quantitative estimate of drug-likeness (QED) is 0.741. The van der Waals surface area contributed by atoms with Crippen LogP contribution in [0.1, 0.15) is 31.0 Å². The molecule has 0 aliphatic carbocycles. The lowest BCUT2D eigenvalue weighted by Gasteiger charge is -2.07. The van der Waals surface area contributed by atoms with Gasteiger partial charge in [0.2, 0.25) is 0 Å². The van der Waals surface area contributed by atoms with Crippen molar-refractivity contribution in [3.63, 3.8) is 0 Å². The van der Waals surface area contributed by atoms with E-state index in [9.17, 15) is 13.2 Å². The van der Waals surface area contributed by atoms with Crippen LogP contribution in [0.3, 0.4) is 0 Å². The van der Waals surface area contributed by atoms with Crippen LogP contribution in [0.2, 0.25) is 0 Å². The molecule has 0 aromatic carbocycles. The molecule has 19 heavy (non-hydrogen) atoms. The molecule has 3 nitrogen and oxygen atoms in total. The van der Waals surface area contributed by atoms with Gasteiger partial charge in [0.1, 0.15) is 0 Å². The Morgan fingerprint density at radius 1 is 1.32 bits per heavy atom. The second-order valence-electron chi connectivity index (χ2n) is 4.25. The van der Waals surface area contributed by atoms with E-state index in [1.165, 1.54) is 0 Å². The lowest BCUT2D eigenvalue weighted by molar-refractivity contribution is -0.146. The fraction of sp³-hybridized carbons (Fsp3) is 0.615. The molecule has 0 unspecified atom stereocenters. The summed E-state index contributed by atoms with van der Waals surface area (Å²) < 4.78 is 40.6. The molecule has 1 heterocycles. The number of nitrogens with one attached hydrogen (secondary N) is 1. The Morgan fingerprint density at radius 3 is 2.68 bits per heavy atom. The van der Waals surface area contributed by atoms with Crippen molar-refractivity contribution < 1.29 is 17.9 Å². The van der Waals surface area contributed by atoms with Crippen LogP contribution in [0.4, 0.5) is 13.2 Å². The average Bonchev–Trinajstić information content (AvgIpc) is 2.36. The summed E-state index contributed by atoms with van der Waals surface area (Å²) in [7, 11) is 0. The van der Waals surface area contributed by atoms with Gasteiger partial charge >= 0.3 is 6.18 Å². The number of ether oxygens (including phenoxy) is 1. The van der Waals surface area contributed by atoms with E-state index < -0.39 is 12.6 Å². The highest BCUT2D eigenvalue weighted by Crippen LogP contribution is 2.19. The molecule has 0 amide bonds. The molecule has 1 aromatic heterocycles. The van der Waals surface area contributed by atoms with E-state index in [1.54, 1.807) is 12.3 Å². The SMILES string of the molecule is CCCNCc1ccc(COCCC(F)(F)F)nc1. The van der Waals surface area contributed by atoms with E-state index in [0.29, 0.717) is 5.69 Å². The molecule has 1 rings (SSSR count). The average molecular weight is 276 g/mol. The molecule has 0 bridgehead atoms. The Labute approximate surface area is 111 Å². The molecule has 108 valence electrons. The number of aromatic nitrogens is 1. The molecule has 0 radical (unpaired) electrons. The van der Waals surface area contributed by atoms with Crippen molar-refractivity contribution in [2.45, 2.75) is 39.1 Å². The van der Waals surface area contributed by atoms with Crippen molar-refractivity contribution in [2.75, 3.05) is 13.2 Å². The molecule has 1 N–H and O–H groups in total. The third-order valence-corrected chi connectivity index (χ3v) is 2.42. The first-order chi connectivity index (χ1) is 9.01. The molecule has 0 aliphatic heterocycles. The lowest BCUT2D eigenvalue weighted by Crippen LogP contribution is -2.14. The number of halogens is 3. The van der Waals surface area contributed by atoms with E-state index in [-0.39, 0.29) is 13.2 Å². The predicted molar refractivity (Wildman–Crippen MR) is 66.6 cm³/mol. The Bertz CT molecular complexity index is 352. The summed E-state index contributed by atoms with van der Waals surface area (Å²) in [6.45, 7) is 3.56. The monoisotopic (exact) mass is 276 g/mol. The number of alkyl halides is 3. The number of rotatable bonds is 8. The van der Waals surface area contributed by atoms with Gasteiger partial charge in [-0.05, 0) is 24.6 Å². The van der Waals surface area contributed by atoms with Crippen LogP contribution in [0.15, 0.2) is 18.3 Å². The zero-order valence-corrected chi connectivity index (χ0v) is 11.0. The molecule has 0 atom stereocenters. The van der Waals surface area contributed by atoms with E-state index >= 15 is 0 Å². The summed E-state index contributed by atoms with van der Waals surface area (Å²) in [4.78, 5) is 4.15. The van der Waals surface area contributed by atoms with Gasteiger partial charge in [-0.1, -0.05) is 13.0 Å². The van der Waals surface area contributed by atoms with Crippen molar-refractivity contribution in [1.29, 1.82) is 0 Å². The highest BCUT2D eigenvalue weighted by atomic mass is 19.4. The van der Waals surface area contributed by atoms with Gasteiger partial charge in [0.05, 0.1) is 25.3 Å². The van der Waals surface area contributed by atoms with Crippen LogP contribution in [0, 0.1) is 0 Å². The fourth-order valence-electron chi connectivity index (χ4n) is 1.42. The van der Waals surface area contributed by atoms with Crippen LogP contribution in [-0.2, 0) is 17.9 Å². The lowest BCUT2D eigenvalue weighted by atomic mass is 10.2. The topological polar surface area (TPSA) is 34.1 Å². The summed E-state index contributed by atoms with van der Waals surface area (Å²) in [5.41, 5.74) is 1.69. The van der Waals surface area contributed by atoms with Crippen LogP contribution in [-0.4, -0.2) is 24.3 Å². The Hall–Kier alpha value is -1.14. The smallest absolute Gasteiger partial charge is 0.375 e. The molecule has 0 fully saturated rings. The van der Waals surface area contributed by atoms with E-state index in [1.807, 2.05) is 6.07 Å². The van der Waals surface area contributed by atoms with Gasteiger partial charge < -0.3 is 10.1 Å². The first kappa shape index (κ1) is 15.9. The van der Waals surface area contributed by atoms with E-state index in [4.69, 9.17) is 4.74 Å². The summed E-state index contributed by atoms with van der Waals surface area (Å²) in [6, 6.07) is 3.68. The molecule has 0 saturated heterocycles. The maximum atomic E-state index is 11.9. The largest absolute Gasteiger partial charge is 0.391 e. The minimum atomic E-state index is -4.16. The number of hydrogen-bond acceptors (Lipinski definition) is 3. The fourth-order valence-corrected chi connectivity index (χ4v) is 1.42. The molecule has 0 saturated carbocycles. The number of nitrogens with zero attached hydrogens (tertiary/aromatic N) is 1. The predicted octanol–water partition coefficient (Wildman–Crippen LogP) is 3.05. The Kier molecular flexibility index (Phi) is 6.80. The molecule has 1 aromatic rings. The zero-order chi connectivity index (χ0) is 14.1. The van der Waals surface area contributed by atoms with E-state index in [2.05, 4.69) is 17.2 Å². The number of pyridine rings is 1. The molecule has 0 spiro atoms. The van der Waals surface area contributed by atoms with Crippen molar-refractivity contribution in [2.24, 2.45) is 0 Å². The standard InChI is InChI=1S/C13H19F3N2O/c1-2-6-17-8-11-3-4-12(18-9-11)10-19-7-5-13(14,15)16/h3-4,9,17H,2,5-8,10H2,1H3. The Balaban J connectivity index is 2.24. The van der Waals surface area contributed by atoms with Gasteiger partial charge in [-0.2, -0.15) is 13.2 Å². The molecular weight excluding hydrogens is 257 g/mol. The van der Waals surface area contributed by atoms with Gasteiger partial charge in [0.15, 0.2) is 0 Å². The normalized spacial score (nSPS) is 11.8. The van der Waals surface area contributed by atoms with Crippen molar-refractivity contribution in [3.8, 4) is 0 Å². The molecule has 0 aliphatic rings. The number of hydrogen-bond donors (Lipinski definition) is 1. The molecule has 6 heteroatoms. The van der Waals surface area contributed by atoms with Crippen LogP contribution in [0.5, 0.6) is 0 Å². The zero-order valence-electron chi connectivity index (χ0n) is 11.0. The minimum absolute atomic E-state index is 0.110. The van der Waals surface area contributed by atoms with Gasteiger partial charge in [0, 0.05) is 12.7 Å². The van der Waals surface area contributed by atoms with Gasteiger partial charge in [-0.15, -0.1) is 0 Å². The maximum absolute atomic E-state index is 11.9.